The molecule has 3 fully saturated rings. The average Bonchev–Trinajstić information content (AvgIpc) is 3.29. The summed E-state index contributed by atoms with van der Waals surface area (Å²) >= 11 is 0. The number of aromatic nitrogens is 2. The third kappa shape index (κ3) is 7.20. The van der Waals surface area contributed by atoms with Crippen LogP contribution in [0.2, 0.25) is 0 Å². The van der Waals surface area contributed by atoms with Gasteiger partial charge in [-0.3, -0.25) is 9.78 Å². The Morgan fingerprint density at radius 3 is 2.82 bits per heavy atom. The largest absolute Gasteiger partial charge is 0.396 e. The third-order valence-electron chi connectivity index (χ3n) is 6.94. The van der Waals surface area contributed by atoms with Gasteiger partial charge in [0.05, 0.1) is 18.1 Å². The van der Waals surface area contributed by atoms with E-state index in [1.807, 2.05) is 0 Å². The smallest absolute Gasteiger partial charge is 0.267 e. The predicted molar refractivity (Wildman–Crippen MR) is 125 cm³/mol. The van der Waals surface area contributed by atoms with E-state index in [2.05, 4.69) is 25.7 Å². The molecule has 9 heteroatoms. The van der Waals surface area contributed by atoms with Crippen LogP contribution in [0, 0.1) is 5.41 Å². The summed E-state index contributed by atoms with van der Waals surface area (Å²) in [5, 5.41) is 13.5. The number of nitrogens with zero attached hydrogens (tertiary/aromatic N) is 3. The minimum absolute atomic E-state index is 0.0850. The van der Waals surface area contributed by atoms with Gasteiger partial charge in [0, 0.05) is 56.8 Å². The number of carbonyl (C=O) groups excluding carboxylic acids is 1. The summed E-state index contributed by atoms with van der Waals surface area (Å²) in [6, 6.07) is 0.324. The molecule has 0 spiro atoms. The summed E-state index contributed by atoms with van der Waals surface area (Å²) in [4.78, 5) is 28.5. The minimum atomic E-state index is -0.371. The first kappa shape index (κ1) is 24.1. The molecule has 2 aliphatic heterocycles. The van der Waals surface area contributed by atoms with Gasteiger partial charge in [-0.25, -0.2) is 15.3 Å². The molecular formula is C24H37N5O4. The van der Waals surface area contributed by atoms with E-state index in [1.54, 1.807) is 18.5 Å². The fourth-order valence-electron chi connectivity index (χ4n) is 5.07. The van der Waals surface area contributed by atoms with Gasteiger partial charge in [0.1, 0.15) is 5.82 Å². The van der Waals surface area contributed by atoms with Gasteiger partial charge in [-0.2, -0.15) is 0 Å². The van der Waals surface area contributed by atoms with Crippen LogP contribution in [0.15, 0.2) is 18.5 Å². The zero-order valence-electron chi connectivity index (χ0n) is 19.4. The summed E-state index contributed by atoms with van der Waals surface area (Å²) in [6.45, 7) is 3.93. The van der Waals surface area contributed by atoms with Crippen molar-refractivity contribution in [3.05, 3.63) is 24.2 Å². The molecule has 3 N–H and O–H groups in total. The van der Waals surface area contributed by atoms with E-state index in [-0.39, 0.29) is 17.6 Å². The van der Waals surface area contributed by atoms with Gasteiger partial charge in [0.15, 0.2) is 6.29 Å². The highest BCUT2D eigenvalue weighted by Crippen LogP contribution is 2.37. The Hall–Kier alpha value is -2.07. The standard InChI is InChI=1S/C24H37N5O4/c30-18-24(10-3-1-4-11-24)17-29-12-9-20(16-29)27-21-15-25-19(14-26-21)7-8-22(31)28-33-23-6-2-5-13-32-23/h7-8,14-15,20,23,30H,1-6,9-13,16-18H2,(H,26,27)(H,28,31)/b8-7+/t20-,23?/m1/s1. The van der Waals surface area contributed by atoms with Crippen molar-refractivity contribution in [2.45, 2.75) is 70.1 Å². The van der Waals surface area contributed by atoms with Crippen molar-refractivity contribution < 1.29 is 19.5 Å². The lowest BCUT2D eigenvalue weighted by molar-refractivity contribution is -0.198. The number of aliphatic hydroxyl groups is 1. The molecule has 4 rings (SSSR count). The molecule has 0 bridgehead atoms. The predicted octanol–water partition coefficient (Wildman–Crippen LogP) is 2.49. The van der Waals surface area contributed by atoms with Gasteiger partial charge >= 0.3 is 0 Å². The van der Waals surface area contributed by atoms with E-state index in [0.29, 0.717) is 24.9 Å². The highest BCUT2D eigenvalue weighted by Gasteiger charge is 2.35. The SMILES string of the molecule is O=C(/C=C/c1cnc(N[C@@H]2CCN(CC3(CO)CCCCC3)C2)cn1)NOC1CCCCO1. The number of hydrogen-bond acceptors (Lipinski definition) is 8. The molecule has 1 aromatic rings. The monoisotopic (exact) mass is 459 g/mol. The topological polar surface area (TPSA) is 109 Å². The number of hydroxylamine groups is 1. The maximum Gasteiger partial charge on any atom is 0.267 e. The third-order valence-corrected chi connectivity index (χ3v) is 6.94. The van der Waals surface area contributed by atoms with Gasteiger partial charge < -0.3 is 20.1 Å². The molecule has 3 heterocycles. The molecule has 9 nitrogen and oxygen atoms in total. The van der Waals surface area contributed by atoms with Crippen molar-refractivity contribution in [2.75, 3.05) is 38.2 Å². The zero-order valence-corrected chi connectivity index (χ0v) is 19.4. The maximum absolute atomic E-state index is 11.9. The molecular weight excluding hydrogens is 422 g/mol. The van der Waals surface area contributed by atoms with Crippen molar-refractivity contribution in [3.8, 4) is 0 Å². The highest BCUT2D eigenvalue weighted by atomic mass is 16.8. The van der Waals surface area contributed by atoms with Gasteiger partial charge in [0.25, 0.3) is 5.91 Å². The quantitative estimate of drug-likeness (QED) is 0.382. The maximum atomic E-state index is 11.9. The summed E-state index contributed by atoms with van der Waals surface area (Å²) < 4.78 is 5.41. The van der Waals surface area contributed by atoms with Crippen LogP contribution >= 0.6 is 0 Å². The Bertz CT molecular complexity index is 776. The first-order valence-electron chi connectivity index (χ1n) is 12.3. The molecule has 0 radical (unpaired) electrons. The molecule has 1 unspecified atom stereocenters. The zero-order chi connectivity index (χ0) is 22.9. The summed E-state index contributed by atoms with van der Waals surface area (Å²) in [6.07, 6.45) is 15.9. The van der Waals surface area contributed by atoms with Crippen LogP contribution in [0.4, 0.5) is 5.82 Å². The lowest BCUT2D eigenvalue weighted by Crippen LogP contribution is -2.41. The van der Waals surface area contributed by atoms with Crippen LogP contribution in [0.25, 0.3) is 6.08 Å². The van der Waals surface area contributed by atoms with E-state index < -0.39 is 0 Å². The first-order valence-corrected chi connectivity index (χ1v) is 12.3. The van der Waals surface area contributed by atoms with Crippen LogP contribution in [-0.4, -0.2) is 71.1 Å². The van der Waals surface area contributed by atoms with Gasteiger partial charge in [-0.1, -0.05) is 19.3 Å². The molecule has 2 atom stereocenters. The Kier molecular flexibility index (Phi) is 8.66. The van der Waals surface area contributed by atoms with Crippen LogP contribution in [-0.2, 0) is 14.4 Å². The second kappa shape index (κ2) is 11.9. The van der Waals surface area contributed by atoms with E-state index >= 15 is 0 Å². The van der Waals surface area contributed by atoms with Gasteiger partial charge in [-0.15, -0.1) is 0 Å². The van der Waals surface area contributed by atoms with Crippen molar-refractivity contribution >= 4 is 17.8 Å². The van der Waals surface area contributed by atoms with E-state index in [4.69, 9.17) is 9.57 Å². The van der Waals surface area contributed by atoms with Gasteiger partial charge in [-0.05, 0) is 38.2 Å². The second-order valence-electron chi connectivity index (χ2n) is 9.62. The number of amides is 1. The van der Waals surface area contributed by atoms with Crippen LogP contribution < -0.4 is 10.8 Å². The molecule has 1 aliphatic carbocycles. The average molecular weight is 460 g/mol. The first-order chi connectivity index (χ1) is 16.1. The lowest BCUT2D eigenvalue weighted by Gasteiger charge is -2.38. The van der Waals surface area contributed by atoms with E-state index in [1.165, 1.54) is 25.3 Å². The van der Waals surface area contributed by atoms with Crippen molar-refractivity contribution in [1.82, 2.24) is 20.3 Å². The number of nitrogens with one attached hydrogen (secondary N) is 2. The van der Waals surface area contributed by atoms with Crippen molar-refractivity contribution in [3.63, 3.8) is 0 Å². The molecule has 33 heavy (non-hydrogen) atoms. The van der Waals surface area contributed by atoms with Crippen molar-refractivity contribution in [1.29, 1.82) is 0 Å². The Balaban J connectivity index is 1.19. The van der Waals surface area contributed by atoms with Crippen LogP contribution in [0.3, 0.4) is 0 Å². The number of ether oxygens (including phenoxy) is 1. The summed E-state index contributed by atoms with van der Waals surface area (Å²) in [5.41, 5.74) is 3.07. The Morgan fingerprint density at radius 1 is 1.21 bits per heavy atom. The fourth-order valence-corrected chi connectivity index (χ4v) is 5.07. The number of anilines is 1. The van der Waals surface area contributed by atoms with E-state index in [0.717, 1.165) is 64.0 Å². The normalized spacial score (nSPS) is 25.8. The Morgan fingerprint density at radius 2 is 2.09 bits per heavy atom. The number of rotatable bonds is 9. The number of hydrogen-bond donors (Lipinski definition) is 3. The molecule has 3 aliphatic rings. The molecule has 1 aromatic heterocycles. The van der Waals surface area contributed by atoms with Crippen molar-refractivity contribution in [2.24, 2.45) is 5.41 Å². The molecule has 2 saturated heterocycles. The number of aliphatic hydroxyl groups excluding tert-OH is 1. The lowest BCUT2D eigenvalue weighted by atomic mass is 9.74. The van der Waals surface area contributed by atoms with E-state index in [9.17, 15) is 9.90 Å². The molecule has 182 valence electrons. The Labute approximate surface area is 195 Å². The molecule has 0 aromatic carbocycles. The van der Waals surface area contributed by atoms with Gasteiger partial charge in [0.2, 0.25) is 0 Å². The minimum Gasteiger partial charge on any atom is -0.396 e. The summed E-state index contributed by atoms with van der Waals surface area (Å²) in [7, 11) is 0. The van der Waals surface area contributed by atoms with Crippen LogP contribution in [0.5, 0.6) is 0 Å². The number of likely N-dealkylation sites (tertiary alicyclic amines) is 1. The number of carbonyl (C=O) groups is 1. The second-order valence-corrected chi connectivity index (χ2v) is 9.62. The molecule has 1 saturated carbocycles. The summed E-state index contributed by atoms with van der Waals surface area (Å²) in [5.74, 6) is 0.369. The van der Waals surface area contributed by atoms with Crippen LogP contribution in [0.1, 0.15) is 63.5 Å². The molecule has 1 amide bonds. The fraction of sp³-hybridized carbons (Fsp3) is 0.708. The highest BCUT2D eigenvalue weighted by molar-refractivity contribution is 5.90.